The molecule has 1 saturated carbocycles. The van der Waals surface area contributed by atoms with E-state index in [1.54, 1.807) is 0 Å². The lowest BCUT2D eigenvalue weighted by Crippen LogP contribution is -2.26. The van der Waals surface area contributed by atoms with Crippen molar-refractivity contribution in [2.75, 3.05) is 13.1 Å². The zero-order valence-corrected chi connectivity index (χ0v) is 9.46. The first-order chi connectivity index (χ1) is 7.18. The van der Waals surface area contributed by atoms with E-state index < -0.39 is 5.97 Å². The fraction of sp³-hybridized carbons (Fsp3) is 0.750. The normalized spacial score (nSPS) is 19.1. The molecule has 3 nitrogen and oxygen atoms in total. The lowest BCUT2D eigenvalue weighted by Gasteiger charge is -2.21. The lowest BCUT2D eigenvalue weighted by atomic mass is 9.89. The second kappa shape index (κ2) is 6.62. The van der Waals surface area contributed by atoms with Crippen molar-refractivity contribution < 1.29 is 9.90 Å². The van der Waals surface area contributed by atoms with E-state index in [9.17, 15) is 4.79 Å². The van der Waals surface area contributed by atoms with Gasteiger partial charge in [-0.15, -0.1) is 0 Å². The van der Waals surface area contributed by atoms with Gasteiger partial charge in [-0.1, -0.05) is 24.8 Å². The van der Waals surface area contributed by atoms with Crippen molar-refractivity contribution >= 4 is 5.97 Å². The maximum absolute atomic E-state index is 10.4. The van der Waals surface area contributed by atoms with Crippen molar-refractivity contribution in [2.24, 2.45) is 5.92 Å². The maximum Gasteiger partial charge on any atom is 0.328 e. The molecule has 86 valence electrons. The summed E-state index contributed by atoms with van der Waals surface area (Å²) in [5.74, 6) is -0.0525. The molecular weight excluding hydrogens is 190 g/mol. The van der Waals surface area contributed by atoms with Gasteiger partial charge in [-0.3, -0.25) is 0 Å². The molecule has 1 aliphatic carbocycles. The summed E-state index contributed by atoms with van der Waals surface area (Å²) < 4.78 is 0. The maximum atomic E-state index is 10.4. The molecule has 15 heavy (non-hydrogen) atoms. The molecule has 0 aliphatic heterocycles. The molecule has 0 radical (unpaired) electrons. The Kier molecular flexibility index (Phi) is 5.40. The number of carboxylic acids is 1. The van der Waals surface area contributed by atoms with E-state index in [-0.39, 0.29) is 0 Å². The molecule has 1 aliphatic rings. The van der Waals surface area contributed by atoms with Gasteiger partial charge in [0.2, 0.25) is 0 Å². The standard InChI is InChI=1S/C12H21NO2/c1-10(7-12(14)15)8-13-9-11-5-3-2-4-6-11/h7,11,13H,2-6,8-9H2,1H3,(H,14,15). The first kappa shape index (κ1) is 12.2. The monoisotopic (exact) mass is 211 g/mol. The minimum Gasteiger partial charge on any atom is -0.478 e. The van der Waals surface area contributed by atoms with Crippen molar-refractivity contribution in [1.82, 2.24) is 5.32 Å². The Hall–Kier alpha value is -0.830. The molecule has 0 aromatic rings. The molecule has 0 bridgehead atoms. The van der Waals surface area contributed by atoms with Crippen LogP contribution in [0.25, 0.3) is 0 Å². The van der Waals surface area contributed by atoms with Crippen LogP contribution in [0.4, 0.5) is 0 Å². The van der Waals surface area contributed by atoms with Crippen LogP contribution in [-0.4, -0.2) is 24.2 Å². The molecule has 0 unspecified atom stereocenters. The summed E-state index contributed by atoms with van der Waals surface area (Å²) in [7, 11) is 0. The highest BCUT2D eigenvalue weighted by molar-refractivity contribution is 5.80. The van der Waals surface area contributed by atoms with Gasteiger partial charge in [-0.05, 0) is 32.2 Å². The predicted octanol–water partition coefficient (Wildman–Crippen LogP) is 2.19. The molecule has 0 aromatic carbocycles. The van der Waals surface area contributed by atoms with Crippen LogP contribution < -0.4 is 5.32 Å². The topological polar surface area (TPSA) is 49.3 Å². The van der Waals surface area contributed by atoms with Crippen molar-refractivity contribution in [3.05, 3.63) is 11.6 Å². The van der Waals surface area contributed by atoms with Gasteiger partial charge in [0.25, 0.3) is 0 Å². The SMILES string of the molecule is CC(=CC(=O)O)CNCC1CCCCC1. The zero-order chi connectivity index (χ0) is 11.1. The van der Waals surface area contributed by atoms with Crippen molar-refractivity contribution in [3.8, 4) is 0 Å². The summed E-state index contributed by atoms with van der Waals surface area (Å²) >= 11 is 0. The first-order valence-corrected chi connectivity index (χ1v) is 5.79. The number of nitrogens with one attached hydrogen (secondary N) is 1. The molecule has 0 heterocycles. The molecule has 0 aromatic heterocycles. The van der Waals surface area contributed by atoms with Crippen LogP contribution >= 0.6 is 0 Å². The van der Waals surface area contributed by atoms with Crippen molar-refractivity contribution in [2.45, 2.75) is 39.0 Å². The van der Waals surface area contributed by atoms with Gasteiger partial charge < -0.3 is 10.4 Å². The van der Waals surface area contributed by atoms with Crippen LogP contribution in [0.2, 0.25) is 0 Å². The summed E-state index contributed by atoms with van der Waals surface area (Å²) in [6, 6.07) is 0. The van der Waals surface area contributed by atoms with Crippen molar-refractivity contribution in [1.29, 1.82) is 0 Å². The summed E-state index contributed by atoms with van der Waals surface area (Å²) in [6.45, 7) is 3.58. The number of rotatable bonds is 5. The highest BCUT2D eigenvalue weighted by atomic mass is 16.4. The number of carbonyl (C=O) groups is 1. The number of hydrogen-bond donors (Lipinski definition) is 2. The van der Waals surface area contributed by atoms with E-state index in [2.05, 4.69) is 5.32 Å². The van der Waals surface area contributed by atoms with Crippen LogP contribution in [0.3, 0.4) is 0 Å². The number of carboxylic acid groups (broad SMARTS) is 1. The summed E-state index contributed by atoms with van der Waals surface area (Å²) in [5, 5.41) is 11.9. The second-order valence-corrected chi connectivity index (χ2v) is 4.46. The average molecular weight is 211 g/mol. The fourth-order valence-corrected chi connectivity index (χ4v) is 2.13. The zero-order valence-electron chi connectivity index (χ0n) is 9.46. The highest BCUT2D eigenvalue weighted by Gasteiger charge is 2.12. The number of hydrogen-bond acceptors (Lipinski definition) is 2. The lowest BCUT2D eigenvalue weighted by molar-refractivity contribution is -0.131. The van der Waals surface area contributed by atoms with E-state index in [4.69, 9.17) is 5.11 Å². The molecule has 0 spiro atoms. The second-order valence-electron chi connectivity index (χ2n) is 4.46. The average Bonchev–Trinajstić information content (AvgIpc) is 2.18. The van der Waals surface area contributed by atoms with E-state index in [0.29, 0.717) is 6.54 Å². The summed E-state index contributed by atoms with van der Waals surface area (Å²) in [4.78, 5) is 10.4. The largest absolute Gasteiger partial charge is 0.478 e. The van der Waals surface area contributed by atoms with Gasteiger partial charge in [0.1, 0.15) is 0 Å². The van der Waals surface area contributed by atoms with Gasteiger partial charge in [0.15, 0.2) is 0 Å². The van der Waals surface area contributed by atoms with Gasteiger partial charge >= 0.3 is 5.97 Å². The van der Waals surface area contributed by atoms with Crippen LogP contribution in [0.5, 0.6) is 0 Å². The van der Waals surface area contributed by atoms with Crippen LogP contribution in [0.15, 0.2) is 11.6 Å². The smallest absolute Gasteiger partial charge is 0.328 e. The Morgan fingerprint density at radius 2 is 2.07 bits per heavy atom. The number of aliphatic carboxylic acids is 1. The van der Waals surface area contributed by atoms with E-state index >= 15 is 0 Å². The third-order valence-corrected chi connectivity index (χ3v) is 2.93. The van der Waals surface area contributed by atoms with Gasteiger partial charge in [-0.25, -0.2) is 4.79 Å². The van der Waals surface area contributed by atoms with Crippen LogP contribution in [0, 0.1) is 5.92 Å². The van der Waals surface area contributed by atoms with E-state index in [1.165, 1.54) is 38.2 Å². The molecule has 3 heteroatoms. The minimum atomic E-state index is -0.855. The Bertz CT molecular complexity index is 230. The van der Waals surface area contributed by atoms with E-state index in [0.717, 1.165) is 18.0 Å². The quantitative estimate of drug-likeness (QED) is 0.685. The fourth-order valence-electron chi connectivity index (χ4n) is 2.13. The van der Waals surface area contributed by atoms with Crippen LogP contribution in [-0.2, 0) is 4.79 Å². The first-order valence-electron chi connectivity index (χ1n) is 5.79. The molecule has 1 fully saturated rings. The molecule has 0 amide bonds. The predicted molar refractivity (Wildman–Crippen MR) is 60.8 cm³/mol. The molecule has 0 atom stereocenters. The molecular formula is C12H21NO2. The van der Waals surface area contributed by atoms with Gasteiger partial charge in [0, 0.05) is 12.6 Å². The van der Waals surface area contributed by atoms with E-state index in [1.807, 2.05) is 6.92 Å². The van der Waals surface area contributed by atoms with Gasteiger partial charge in [-0.2, -0.15) is 0 Å². The minimum absolute atomic E-state index is 0.697. The summed E-state index contributed by atoms with van der Waals surface area (Å²) in [6.07, 6.45) is 8.03. The third-order valence-electron chi connectivity index (χ3n) is 2.93. The Morgan fingerprint density at radius 1 is 1.40 bits per heavy atom. The highest BCUT2D eigenvalue weighted by Crippen LogP contribution is 2.22. The van der Waals surface area contributed by atoms with Crippen LogP contribution in [0.1, 0.15) is 39.0 Å². The summed E-state index contributed by atoms with van der Waals surface area (Å²) in [5.41, 5.74) is 0.887. The Balaban J connectivity index is 2.12. The molecule has 0 saturated heterocycles. The van der Waals surface area contributed by atoms with Crippen molar-refractivity contribution in [3.63, 3.8) is 0 Å². The molecule has 1 rings (SSSR count). The Labute approximate surface area is 91.6 Å². The Morgan fingerprint density at radius 3 is 2.67 bits per heavy atom. The third kappa shape index (κ3) is 5.57. The molecule has 2 N–H and O–H groups in total. The van der Waals surface area contributed by atoms with Gasteiger partial charge in [0.05, 0.1) is 0 Å².